The molecule has 2 aromatic carbocycles. The van der Waals surface area contributed by atoms with Gasteiger partial charge in [0, 0.05) is 17.0 Å². The third-order valence-corrected chi connectivity index (χ3v) is 5.53. The Morgan fingerprint density at radius 3 is 2.45 bits per heavy atom. The number of benzene rings is 2. The van der Waals surface area contributed by atoms with Gasteiger partial charge in [0.2, 0.25) is 0 Å². The van der Waals surface area contributed by atoms with Crippen LogP contribution in [0.2, 0.25) is 0 Å². The predicted molar refractivity (Wildman–Crippen MR) is 101 cm³/mol. The molecule has 3 aromatic rings. The molecule has 8 heteroatoms. The van der Waals surface area contributed by atoms with E-state index >= 15 is 0 Å². The van der Waals surface area contributed by atoms with E-state index in [1.807, 2.05) is 0 Å². The molecule has 0 bridgehead atoms. The van der Waals surface area contributed by atoms with Crippen LogP contribution in [-0.4, -0.2) is 28.9 Å². The Hall–Kier alpha value is -3.29. The van der Waals surface area contributed by atoms with E-state index in [2.05, 4.69) is 4.98 Å². The maximum Gasteiger partial charge on any atom is 0.258 e. The molecule has 0 unspecified atom stereocenters. The van der Waals surface area contributed by atoms with Crippen LogP contribution in [0.25, 0.3) is 22.0 Å². The number of hydrogen-bond donors (Lipinski definition) is 1. The van der Waals surface area contributed by atoms with Gasteiger partial charge >= 0.3 is 0 Å². The number of pyridine rings is 1. The average Bonchev–Trinajstić information content (AvgIpc) is 3.47. The van der Waals surface area contributed by atoms with E-state index < -0.39 is 23.0 Å². The minimum atomic E-state index is -1.03. The first-order chi connectivity index (χ1) is 13.9. The molecule has 29 heavy (non-hydrogen) atoms. The van der Waals surface area contributed by atoms with Crippen molar-refractivity contribution in [3.05, 3.63) is 53.0 Å². The number of nitrogen functional groups attached to an aromatic ring is 1. The van der Waals surface area contributed by atoms with Gasteiger partial charge in [-0.2, -0.15) is 0 Å². The van der Waals surface area contributed by atoms with Crippen LogP contribution in [-0.2, 0) is 6.54 Å². The van der Waals surface area contributed by atoms with Crippen molar-refractivity contribution < 1.29 is 22.7 Å². The smallest absolute Gasteiger partial charge is 0.258 e. The summed E-state index contributed by atoms with van der Waals surface area (Å²) in [6.45, 7) is 0.248. The quantitative estimate of drug-likeness (QED) is 0.722. The van der Waals surface area contributed by atoms with Crippen molar-refractivity contribution in [2.75, 3.05) is 12.8 Å². The molecule has 1 amide bonds. The van der Waals surface area contributed by atoms with Crippen molar-refractivity contribution in [2.45, 2.75) is 25.4 Å². The van der Waals surface area contributed by atoms with E-state index in [1.54, 1.807) is 4.90 Å². The summed E-state index contributed by atoms with van der Waals surface area (Å²) >= 11 is 0. The monoisotopic (exact) mass is 399 g/mol. The highest BCUT2D eigenvalue weighted by Gasteiger charge is 2.41. The zero-order valence-corrected chi connectivity index (χ0v) is 15.4. The van der Waals surface area contributed by atoms with Crippen LogP contribution in [0.1, 0.15) is 28.9 Å². The fraction of sp³-hybridized carbons (Fsp3) is 0.238. The normalized spacial score (nSPS) is 15.9. The lowest BCUT2D eigenvalue weighted by molar-refractivity contribution is 0.0767. The second-order valence-corrected chi connectivity index (χ2v) is 7.27. The Morgan fingerprint density at radius 1 is 1.07 bits per heavy atom. The van der Waals surface area contributed by atoms with E-state index in [-0.39, 0.29) is 52.0 Å². The fourth-order valence-corrected chi connectivity index (χ4v) is 3.95. The molecule has 5 nitrogen and oxygen atoms in total. The third kappa shape index (κ3) is 2.48. The molecule has 0 saturated heterocycles. The number of fused-ring (bicyclic) bond motifs is 2. The topological polar surface area (TPSA) is 68.5 Å². The highest BCUT2D eigenvalue weighted by atomic mass is 19.1. The van der Waals surface area contributed by atoms with Crippen LogP contribution in [0.5, 0.6) is 5.75 Å². The second-order valence-electron chi connectivity index (χ2n) is 7.27. The van der Waals surface area contributed by atoms with Gasteiger partial charge in [-0.3, -0.25) is 4.79 Å². The maximum atomic E-state index is 14.9. The number of hydrogen-bond acceptors (Lipinski definition) is 4. The van der Waals surface area contributed by atoms with E-state index in [0.717, 1.165) is 31.0 Å². The first-order valence-corrected chi connectivity index (χ1v) is 9.16. The number of rotatable bonds is 3. The number of aromatic nitrogens is 1. The van der Waals surface area contributed by atoms with Crippen molar-refractivity contribution in [3.63, 3.8) is 0 Å². The summed E-state index contributed by atoms with van der Waals surface area (Å²) in [5, 5.41) is 0.271. The van der Waals surface area contributed by atoms with Gasteiger partial charge in [0.1, 0.15) is 11.6 Å². The van der Waals surface area contributed by atoms with Gasteiger partial charge in [-0.05, 0) is 37.1 Å². The summed E-state index contributed by atoms with van der Waals surface area (Å²) < 4.78 is 49.2. The van der Waals surface area contributed by atoms with Gasteiger partial charge < -0.3 is 15.4 Å². The molecular formula is C21H16F3N3O2. The van der Waals surface area contributed by atoms with Crippen LogP contribution < -0.4 is 10.5 Å². The first-order valence-electron chi connectivity index (χ1n) is 9.16. The minimum absolute atomic E-state index is 0.0118. The molecule has 1 fully saturated rings. The van der Waals surface area contributed by atoms with E-state index in [0.29, 0.717) is 5.69 Å². The molecule has 148 valence electrons. The van der Waals surface area contributed by atoms with Gasteiger partial charge in [0.15, 0.2) is 11.6 Å². The van der Waals surface area contributed by atoms with Gasteiger partial charge in [-0.25, -0.2) is 18.2 Å². The number of nitrogens with zero attached hydrogens (tertiary/aromatic N) is 2. The van der Waals surface area contributed by atoms with Crippen molar-refractivity contribution in [1.29, 1.82) is 0 Å². The number of carbonyl (C=O) groups excluding carboxylic acids is 1. The molecule has 1 saturated carbocycles. The molecule has 1 aliphatic heterocycles. The number of methoxy groups -OCH3 is 1. The van der Waals surface area contributed by atoms with Crippen molar-refractivity contribution in [2.24, 2.45) is 0 Å². The second kappa shape index (κ2) is 6.10. The summed E-state index contributed by atoms with van der Waals surface area (Å²) in [7, 11) is 1.24. The van der Waals surface area contributed by atoms with Gasteiger partial charge in [0.05, 0.1) is 41.7 Å². The largest absolute Gasteiger partial charge is 0.494 e. The summed E-state index contributed by atoms with van der Waals surface area (Å²) in [6.07, 6.45) is 1.83. The number of carbonyl (C=O) groups is 1. The zero-order valence-electron chi connectivity index (χ0n) is 15.4. The van der Waals surface area contributed by atoms with Crippen LogP contribution >= 0.6 is 0 Å². The van der Waals surface area contributed by atoms with Crippen LogP contribution in [0.3, 0.4) is 0 Å². The lowest BCUT2D eigenvalue weighted by atomic mass is 9.97. The van der Waals surface area contributed by atoms with E-state index in [4.69, 9.17) is 10.5 Å². The number of ether oxygens (including phenoxy) is 1. The number of halogens is 3. The lowest BCUT2D eigenvalue weighted by Crippen LogP contribution is -2.26. The molecule has 5 rings (SSSR count). The molecule has 2 heterocycles. The Labute approximate surface area is 163 Å². The number of nitrogens with two attached hydrogens (primary N) is 1. The minimum Gasteiger partial charge on any atom is -0.494 e. The molecular weight excluding hydrogens is 383 g/mol. The fourth-order valence-electron chi connectivity index (χ4n) is 3.95. The summed E-state index contributed by atoms with van der Waals surface area (Å²) in [5.74, 6) is -3.26. The van der Waals surface area contributed by atoms with Crippen LogP contribution in [0.15, 0.2) is 24.3 Å². The molecule has 1 aliphatic carbocycles. The molecule has 2 N–H and O–H groups in total. The van der Waals surface area contributed by atoms with E-state index in [1.165, 1.54) is 13.2 Å². The molecule has 2 aliphatic rings. The zero-order chi connectivity index (χ0) is 20.4. The Balaban J connectivity index is 1.81. The van der Waals surface area contributed by atoms with Crippen LogP contribution in [0.4, 0.5) is 18.9 Å². The Morgan fingerprint density at radius 2 is 1.76 bits per heavy atom. The standard InChI is InChI=1S/C21H16F3N3O2/c1-29-14-7-6-11(22)15(18(14)24)16-12(23)5-4-10-19(25)17-13(26-20(10)16)8-27(21(17)28)9-2-3-9/h4-7,9H,2-3,8H2,1H3,(H2,25,26). The maximum absolute atomic E-state index is 14.9. The molecule has 0 atom stereocenters. The summed E-state index contributed by atoms with van der Waals surface area (Å²) in [4.78, 5) is 18.9. The molecule has 0 spiro atoms. The molecule has 0 radical (unpaired) electrons. The van der Waals surface area contributed by atoms with Crippen molar-refractivity contribution in [1.82, 2.24) is 9.88 Å². The first kappa shape index (κ1) is 17.8. The average molecular weight is 399 g/mol. The highest BCUT2D eigenvalue weighted by Crippen LogP contribution is 2.42. The highest BCUT2D eigenvalue weighted by molar-refractivity contribution is 6.11. The van der Waals surface area contributed by atoms with Crippen molar-refractivity contribution >= 4 is 22.5 Å². The number of anilines is 1. The van der Waals surface area contributed by atoms with Crippen LogP contribution in [0, 0.1) is 17.5 Å². The predicted octanol–water partition coefficient (Wildman–Crippen LogP) is 4.03. The Bertz CT molecular complexity index is 1210. The van der Waals surface area contributed by atoms with Crippen molar-refractivity contribution in [3.8, 4) is 16.9 Å². The molecule has 1 aromatic heterocycles. The summed E-state index contributed by atoms with van der Waals surface area (Å²) in [5.41, 5.74) is 6.16. The van der Waals surface area contributed by atoms with Gasteiger partial charge in [-0.1, -0.05) is 0 Å². The lowest BCUT2D eigenvalue weighted by Gasteiger charge is -2.14. The SMILES string of the molecule is COc1ccc(F)c(-c2c(F)ccc3c(N)c4c(nc23)CN(C2CC2)C4=O)c1F. The van der Waals surface area contributed by atoms with E-state index in [9.17, 15) is 18.0 Å². The number of amides is 1. The van der Waals surface area contributed by atoms with Gasteiger partial charge in [0.25, 0.3) is 5.91 Å². The summed E-state index contributed by atoms with van der Waals surface area (Å²) in [6, 6.07) is 4.73. The Kier molecular flexibility index (Phi) is 3.74. The van der Waals surface area contributed by atoms with Gasteiger partial charge in [-0.15, -0.1) is 0 Å². The third-order valence-electron chi connectivity index (χ3n) is 5.53.